The van der Waals surface area contributed by atoms with Gasteiger partial charge in [-0.2, -0.15) is 0 Å². The highest BCUT2D eigenvalue weighted by atomic mass is 32.2. The van der Waals surface area contributed by atoms with Gasteiger partial charge in [-0.25, -0.2) is 0 Å². The first-order chi connectivity index (χ1) is 6.52. The lowest BCUT2D eigenvalue weighted by Gasteiger charge is -2.46. The van der Waals surface area contributed by atoms with Crippen molar-refractivity contribution in [3.05, 3.63) is 0 Å². The summed E-state index contributed by atoms with van der Waals surface area (Å²) in [6.45, 7) is 4.48. The summed E-state index contributed by atoms with van der Waals surface area (Å²) in [5.74, 6) is 1.52. The Hall–Kier alpha value is -0.220. The molecular weight excluding hydrogens is 198 g/mol. The van der Waals surface area contributed by atoms with Crippen molar-refractivity contribution >= 4 is 17.7 Å². The molecule has 0 bridgehead atoms. The van der Waals surface area contributed by atoms with E-state index in [2.05, 4.69) is 19.2 Å². The first-order valence-electron chi connectivity index (χ1n) is 5.17. The van der Waals surface area contributed by atoms with E-state index in [9.17, 15) is 4.79 Å². The fourth-order valence-corrected chi connectivity index (χ4v) is 3.87. The molecule has 2 fully saturated rings. The van der Waals surface area contributed by atoms with E-state index >= 15 is 0 Å². The lowest BCUT2D eigenvalue weighted by molar-refractivity contribution is -0.139. The second-order valence-corrected chi connectivity index (χ2v) is 6.16. The highest BCUT2D eigenvalue weighted by Crippen LogP contribution is 2.51. The summed E-state index contributed by atoms with van der Waals surface area (Å²) >= 11 is 1.80. The van der Waals surface area contributed by atoms with Gasteiger partial charge in [0.1, 0.15) is 6.04 Å². The van der Waals surface area contributed by atoms with E-state index in [0.717, 1.165) is 30.4 Å². The van der Waals surface area contributed by atoms with Crippen molar-refractivity contribution in [1.82, 2.24) is 5.32 Å². The summed E-state index contributed by atoms with van der Waals surface area (Å²) in [7, 11) is 0. The van der Waals surface area contributed by atoms with E-state index in [1.165, 1.54) is 0 Å². The summed E-state index contributed by atoms with van der Waals surface area (Å²) in [5, 5.41) is 12.1. The van der Waals surface area contributed by atoms with Crippen molar-refractivity contribution in [2.45, 2.75) is 37.6 Å². The molecule has 1 heterocycles. The molecule has 2 rings (SSSR count). The number of rotatable bonds is 2. The zero-order chi connectivity index (χ0) is 10.3. The van der Waals surface area contributed by atoms with Crippen LogP contribution >= 0.6 is 11.8 Å². The Morgan fingerprint density at radius 2 is 2.21 bits per heavy atom. The highest BCUT2D eigenvalue weighted by molar-refractivity contribution is 8.01. The van der Waals surface area contributed by atoms with Gasteiger partial charge in [0, 0.05) is 5.75 Å². The molecule has 4 heteroatoms. The minimum atomic E-state index is -0.706. The molecule has 0 aromatic rings. The summed E-state index contributed by atoms with van der Waals surface area (Å²) in [6.07, 6.45) is 2.28. The number of nitrogens with one attached hydrogen (secondary N) is 1. The summed E-state index contributed by atoms with van der Waals surface area (Å²) in [6, 6.07) is -0.326. The average Bonchev–Trinajstić information content (AvgIpc) is 2.44. The van der Waals surface area contributed by atoms with Crippen LogP contribution in [-0.2, 0) is 4.79 Å². The number of hydrogen-bond donors (Lipinski definition) is 2. The zero-order valence-corrected chi connectivity index (χ0v) is 9.43. The van der Waals surface area contributed by atoms with Gasteiger partial charge in [-0.05, 0) is 24.7 Å². The number of aliphatic carboxylic acids is 1. The van der Waals surface area contributed by atoms with Gasteiger partial charge in [0.2, 0.25) is 0 Å². The van der Waals surface area contributed by atoms with Gasteiger partial charge in [0.05, 0.1) is 4.87 Å². The molecule has 2 N–H and O–H groups in total. The minimum absolute atomic E-state index is 0.109. The smallest absolute Gasteiger partial charge is 0.321 e. The molecule has 1 saturated carbocycles. The Balaban J connectivity index is 1.88. The lowest BCUT2D eigenvalue weighted by atomic mass is 9.73. The molecule has 3 nitrogen and oxygen atoms in total. The average molecular weight is 215 g/mol. The molecule has 0 unspecified atom stereocenters. The predicted molar refractivity (Wildman–Crippen MR) is 57.3 cm³/mol. The van der Waals surface area contributed by atoms with Crippen molar-refractivity contribution < 1.29 is 9.90 Å². The van der Waals surface area contributed by atoms with Crippen LogP contribution in [0, 0.1) is 11.8 Å². The highest BCUT2D eigenvalue weighted by Gasteiger charge is 2.51. The quantitative estimate of drug-likeness (QED) is 0.733. The van der Waals surface area contributed by atoms with Crippen molar-refractivity contribution in [3.63, 3.8) is 0 Å². The van der Waals surface area contributed by atoms with Crippen LogP contribution in [0.1, 0.15) is 26.7 Å². The van der Waals surface area contributed by atoms with Crippen LogP contribution in [-0.4, -0.2) is 27.7 Å². The molecule has 0 radical (unpaired) electrons. The molecule has 1 spiro atoms. The monoisotopic (exact) mass is 215 g/mol. The first kappa shape index (κ1) is 10.3. The normalized spacial score (nSPS) is 41.6. The van der Waals surface area contributed by atoms with Gasteiger partial charge < -0.3 is 5.11 Å². The second-order valence-electron chi connectivity index (χ2n) is 4.75. The summed E-state index contributed by atoms with van der Waals surface area (Å²) in [5.41, 5.74) is 0. The molecule has 14 heavy (non-hydrogen) atoms. The molecule has 80 valence electrons. The zero-order valence-electron chi connectivity index (χ0n) is 8.62. The molecule has 0 aromatic heterocycles. The maximum Gasteiger partial charge on any atom is 0.321 e. The van der Waals surface area contributed by atoms with Crippen LogP contribution in [0.4, 0.5) is 0 Å². The van der Waals surface area contributed by atoms with Crippen LogP contribution in [0.2, 0.25) is 0 Å². The van der Waals surface area contributed by atoms with Gasteiger partial charge in [0.15, 0.2) is 0 Å². The maximum absolute atomic E-state index is 10.8. The fourth-order valence-electron chi connectivity index (χ4n) is 2.27. The molecular formula is C10H17NO2S. The number of carboxylic acid groups (broad SMARTS) is 1. The SMILES string of the molecule is CC(C)C1CC2(C1)N[C@H](C(=O)O)CS2. The Morgan fingerprint density at radius 3 is 2.64 bits per heavy atom. The molecule has 2 aliphatic rings. The van der Waals surface area contributed by atoms with Gasteiger partial charge in [-0.1, -0.05) is 13.8 Å². The van der Waals surface area contributed by atoms with Crippen LogP contribution < -0.4 is 5.32 Å². The topological polar surface area (TPSA) is 49.3 Å². The van der Waals surface area contributed by atoms with Gasteiger partial charge in [0.25, 0.3) is 0 Å². The van der Waals surface area contributed by atoms with E-state index in [1.54, 1.807) is 11.8 Å². The van der Waals surface area contributed by atoms with Gasteiger partial charge >= 0.3 is 5.97 Å². The number of thioether (sulfide) groups is 1. The third-order valence-electron chi connectivity index (χ3n) is 3.39. The molecule has 1 aliphatic carbocycles. The predicted octanol–water partition coefficient (Wildman–Crippen LogP) is 1.54. The molecule has 1 aliphatic heterocycles. The van der Waals surface area contributed by atoms with Crippen LogP contribution in [0.25, 0.3) is 0 Å². The van der Waals surface area contributed by atoms with Crippen molar-refractivity contribution in [2.24, 2.45) is 11.8 Å². The van der Waals surface area contributed by atoms with E-state index in [-0.39, 0.29) is 10.9 Å². The van der Waals surface area contributed by atoms with E-state index in [1.807, 2.05) is 0 Å². The number of carboxylic acids is 1. The van der Waals surface area contributed by atoms with Crippen molar-refractivity contribution in [2.75, 3.05) is 5.75 Å². The van der Waals surface area contributed by atoms with Gasteiger partial charge in [-0.3, -0.25) is 10.1 Å². The fraction of sp³-hybridized carbons (Fsp3) is 0.900. The van der Waals surface area contributed by atoms with Crippen LogP contribution in [0.3, 0.4) is 0 Å². The minimum Gasteiger partial charge on any atom is -0.480 e. The standard InChI is InChI=1S/C10H17NO2S/c1-6(2)7-3-10(4-7)11-8(5-14-10)9(12)13/h6-8,11H,3-5H2,1-2H3,(H,12,13)/t7?,8-,10?/m0/s1. The molecule has 0 aromatic carbocycles. The van der Waals surface area contributed by atoms with E-state index in [0.29, 0.717) is 0 Å². The largest absolute Gasteiger partial charge is 0.480 e. The van der Waals surface area contributed by atoms with Gasteiger partial charge in [-0.15, -0.1) is 11.8 Å². The number of hydrogen-bond acceptors (Lipinski definition) is 3. The third-order valence-corrected chi connectivity index (χ3v) is 4.89. The third kappa shape index (κ3) is 1.65. The molecule has 1 saturated heterocycles. The maximum atomic E-state index is 10.8. The van der Waals surface area contributed by atoms with Crippen LogP contribution in [0.5, 0.6) is 0 Å². The Morgan fingerprint density at radius 1 is 1.57 bits per heavy atom. The van der Waals surface area contributed by atoms with E-state index in [4.69, 9.17) is 5.11 Å². The Kier molecular flexibility index (Phi) is 2.52. The Labute approximate surface area is 88.6 Å². The van der Waals surface area contributed by atoms with E-state index < -0.39 is 5.97 Å². The molecule has 1 atom stereocenters. The molecule has 0 amide bonds. The lowest BCUT2D eigenvalue weighted by Crippen LogP contribution is -2.54. The van der Waals surface area contributed by atoms with Crippen LogP contribution in [0.15, 0.2) is 0 Å². The van der Waals surface area contributed by atoms with Crippen molar-refractivity contribution in [1.29, 1.82) is 0 Å². The summed E-state index contributed by atoms with van der Waals surface area (Å²) in [4.78, 5) is 10.9. The van der Waals surface area contributed by atoms with Crippen molar-refractivity contribution in [3.8, 4) is 0 Å². The Bertz CT molecular complexity index is 249. The summed E-state index contributed by atoms with van der Waals surface area (Å²) < 4.78 is 0. The first-order valence-corrected chi connectivity index (χ1v) is 6.15. The number of carbonyl (C=O) groups is 1. The second kappa shape index (κ2) is 3.42.